The van der Waals surface area contributed by atoms with Crippen molar-refractivity contribution in [3.63, 3.8) is 0 Å². The molecule has 0 atom stereocenters. The molecule has 2 fully saturated rings. The monoisotopic (exact) mass is 330 g/mol. The minimum Gasteiger partial charge on any atom is -0.447 e. The van der Waals surface area contributed by atoms with Crippen LogP contribution >= 0.6 is 0 Å². The van der Waals surface area contributed by atoms with Crippen molar-refractivity contribution < 1.29 is 32.2 Å². The number of benzene rings is 1. The highest BCUT2D eigenvalue weighted by Gasteiger charge is 2.38. The molecule has 23 heavy (non-hydrogen) atoms. The van der Waals surface area contributed by atoms with Crippen LogP contribution < -0.4 is 9.80 Å². The van der Waals surface area contributed by atoms with E-state index in [-0.39, 0.29) is 44.3 Å². The number of hydrogen-bond acceptors (Lipinski definition) is 4. The van der Waals surface area contributed by atoms with E-state index in [9.17, 15) is 22.8 Å². The van der Waals surface area contributed by atoms with Crippen molar-refractivity contribution in [1.82, 2.24) is 0 Å². The lowest BCUT2D eigenvalue weighted by Gasteiger charge is -2.29. The Bertz CT molecular complexity index is 647. The number of rotatable bonds is 2. The van der Waals surface area contributed by atoms with Crippen molar-refractivity contribution >= 4 is 23.4 Å². The van der Waals surface area contributed by atoms with E-state index in [1.54, 1.807) is 0 Å². The molecule has 2 amide bonds. The highest BCUT2D eigenvalue weighted by Crippen LogP contribution is 2.39. The molecule has 1 aromatic rings. The average Bonchev–Trinajstić information content (AvgIpc) is 2.92. The maximum absolute atomic E-state index is 13.4. The van der Waals surface area contributed by atoms with Crippen LogP contribution in [-0.2, 0) is 20.4 Å². The van der Waals surface area contributed by atoms with E-state index in [4.69, 9.17) is 9.47 Å². The first-order valence-electron chi connectivity index (χ1n) is 6.91. The van der Waals surface area contributed by atoms with Crippen molar-refractivity contribution in [2.24, 2.45) is 0 Å². The SMILES string of the molecule is O=C1OCCN1c1ccc(N2CCOCC2=O)c(C(F)(F)F)c1. The summed E-state index contributed by atoms with van der Waals surface area (Å²) in [4.78, 5) is 25.5. The van der Waals surface area contributed by atoms with Gasteiger partial charge in [-0.05, 0) is 18.2 Å². The van der Waals surface area contributed by atoms with E-state index in [0.29, 0.717) is 0 Å². The van der Waals surface area contributed by atoms with Crippen LogP contribution in [0, 0.1) is 0 Å². The fourth-order valence-corrected chi connectivity index (χ4v) is 2.56. The Morgan fingerprint density at radius 1 is 1.04 bits per heavy atom. The first-order chi connectivity index (χ1) is 10.9. The summed E-state index contributed by atoms with van der Waals surface area (Å²) in [6.07, 6.45) is -5.35. The van der Waals surface area contributed by atoms with Gasteiger partial charge in [0, 0.05) is 12.2 Å². The molecule has 0 aromatic heterocycles. The molecule has 1 aromatic carbocycles. The third-order valence-corrected chi connectivity index (χ3v) is 3.63. The van der Waals surface area contributed by atoms with Crippen LogP contribution in [0.4, 0.5) is 29.3 Å². The van der Waals surface area contributed by atoms with Crippen LogP contribution in [0.1, 0.15) is 5.56 Å². The van der Waals surface area contributed by atoms with Gasteiger partial charge in [-0.2, -0.15) is 13.2 Å². The van der Waals surface area contributed by atoms with Crippen molar-refractivity contribution in [2.45, 2.75) is 6.18 Å². The van der Waals surface area contributed by atoms with E-state index in [1.807, 2.05) is 0 Å². The van der Waals surface area contributed by atoms with Gasteiger partial charge in [-0.3, -0.25) is 9.69 Å². The molecular weight excluding hydrogens is 317 g/mol. The molecule has 124 valence electrons. The number of alkyl halides is 3. The topological polar surface area (TPSA) is 59.1 Å². The van der Waals surface area contributed by atoms with Crippen LogP contribution in [0.5, 0.6) is 0 Å². The number of anilines is 2. The molecule has 0 aliphatic carbocycles. The number of morpholine rings is 1. The number of hydrogen-bond donors (Lipinski definition) is 0. The quantitative estimate of drug-likeness (QED) is 0.832. The normalized spacial score (nSPS) is 19.3. The van der Waals surface area contributed by atoms with Crippen LogP contribution in [0.25, 0.3) is 0 Å². The highest BCUT2D eigenvalue weighted by molar-refractivity contribution is 5.96. The summed E-state index contributed by atoms with van der Waals surface area (Å²) in [6, 6.07) is 3.44. The van der Waals surface area contributed by atoms with Gasteiger partial charge >= 0.3 is 12.3 Å². The molecule has 0 bridgehead atoms. The third-order valence-electron chi connectivity index (χ3n) is 3.63. The Morgan fingerprint density at radius 3 is 2.39 bits per heavy atom. The predicted octanol–water partition coefficient (Wildman–Crippen LogP) is 2.03. The standard InChI is InChI=1S/C14H13F3N2O4/c15-14(16,17)10-7-9(18-4-6-23-13(18)21)1-2-11(10)19-3-5-22-8-12(19)20/h1-2,7H,3-6,8H2. The third kappa shape index (κ3) is 2.96. The first kappa shape index (κ1) is 15.6. The number of carbonyl (C=O) groups is 2. The summed E-state index contributed by atoms with van der Waals surface area (Å²) >= 11 is 0. The average molecular weight is 330 g/mol. The zero-order chi connectivity index (χ0) is 16.6. The zero-order valence-corrected chi connectivity index (χ0v) is 11.9. The summed E-state index contributed by atoms with van der Waals surface area (Å²) in [7, 11) is 0. The molecule has 3 rings (SSSR count). The molecule has 0 spiro atoms. The highest BCUT2D eigenvalue weighted by atomic mass is 19.4. The molecule has 2 saturated heterocycles. The molecule has 2 heterocycles. The van der Waals surface area contributed by atoms with Gasteiger partial charge in [0.15, 0.2) is 0 Å². The van der Waals surface area contributed by atoms with E-state index in [1.165, 1.54) is 12.1 Å². The Kier molecular flexibility index (Phi) is 3.88. The van der Waals surface area contributed by atoms with Crippen LogP contribution in [0.2, 0.25) is 0 Å². The summed E-state index contributed by atoms with van der Waals surface area (Å²) in [5.74, 6) is -0.532. The second kappa shape index (κ2) is 5.73. The van der Waals surface area contributed by atoms with E-state index in [0.717, 1.165) is 15.9 Å². The molecule has 0 saturated carbocycles. The zero-order valence-electron chi connectivity index (χ0n) is 11.9. The van der Waals surface area contributed by atoms with Crippen LogP contribution in [-0.4, -0.2) is 44.9 Å². The molecular formula is C14H13F3N2O4. The molecule has 9 heteroatoms. The van der Waals surface area contributed by atoms with Gasteiger partial charge in [0.2, 0.25) is 0 Å². The van der Waals surface area contributed by atoms with Crippen molar-refractivity contribution in [2.75, 3.05) is 42.7 Å². The Labute approximate surface area is 129 Å². The molecule has 0 N–H and O–H groups in total. The van der Waals surface area contributed by atoms with Gasteiger partial charge in [-0.25, -0.2) is 4.79 Å². The number of amides is 2. The second-order valence-corrected chi connectivity index (χ2v) is 5.06. The van der Waals surface area contributed by atoms with Gasteiger partial charge in [0.1, 0.15) is 13.2 Å². The molecule has 6 nitrogen and oxygen atoms in total. The summed E-state index contributed by atoms with van der Waals surface area (Å²) in [5, 5.41) is 0. The van der Waals surface area contributed by atoms with Gasteiger partial charge in [0.05, 0.1) is 24.4 Å². The predicted molar refractivity (Wildman–Crippen MR) is 73.3 cm³/mol. The second-order valence-electron chi connectivity index (χ2n) is 5.06. The Balaban J connectivity index is 2.02. The number of cyclic esters (lactones) is 1. The van der Waals surface area contributed by atoms with Gasteiger partial charge in [-0.1, -0.05) is 0 Å². The molecule has 2 aliphatic rings. The fourth-order valence-electron chi connectivity index (χ4n) is 2.56. The van der Waals surface area contributed by atoms with Crippen molar-refractivity contribution in [1.29, 1.82) is 0 Å². The fraction of sp³-hybridized carbons (Fsp3) is 0.429. The van der Waals surface area contributed by atoms with Gasteiger partial charge < -0.3 is 14.4 Å². The van der Waals surface area contributed by atoms with E-state index in [2.05, 4.69) is 0 Å². The Hall–Kier alpha value is -2.29. The van der Waals surface area contributed by atoms with E-state index >= 15 is 0 Å². The number of halogens is 3. The number of nitrogens with zero attached hydrogens (tertiary/aromatic N) is 2. The van der Waals surface area contributed by atoms with Gasteiger partial charge in [0.25, 0.3) is 5.91 Å². The summed E-state index contributed by atoms with van der Waals surface area (Å²) in [6.45, 7) is 0.281. The largest absolute Gasteiger partial charge is 0.447 e. The molecule has 0 radical (unpaired) electrons. The van der Waals surface area contributed by atoms with Crippen LogP contribution in [0.3, 0.4) is 0 Å². The van der Waals surface area contributed by atoms with Crippen molar-refractivity contribution in [3.8, 4) is 0 Å². The minimum atomic E-state index is -4.66. The van der Waals surface area contributed by atoms with Crippen molar-refractivity contribution in [3.05, 3.63) is 23.8 Å². The lowest BCUT2D eigenvalue weighted by Crippen LogP contribution is -2.42. The van der Waals surface area contributed by atoms with Gasteiger partial charge in [-0.15, -0.1) is 0 Å². The first-order valence-corrected chi connectivity index (χ1v) is 6.91. The summed E-state index contributed by atoms with van der Waals surface area (Å²) in [5.41, 5.74) is -1.11. The lowest BCUT2D eigenvalue weighted by molar-refractivity contribution is -0.137. The molecule has 2 aliphatic heterocycles. The summed E-state index contributed by atoms with van der Waals surface area (Å²) < 4.78 is 49.8. The smallest absolute Gasteiger partial charge is 0.418 e. The Morgan fingerprint density at radius 2 is 1.78 bits per heavy atom. The maximum Gasteiger partial charge on any atom is 0.418 e. The molecule has 0 unspecified atom stereocenters. The van der Waals surface area contributed by atoms with E-state index < -0.39 is 23.7 Å². The minimum absolute atomic E-state index is 0.0486. The number of ether oxygens (including phenoxy) is 2. The van der Waals surface area contributed by atoms with Crippen LogP contribution in [0.15, 0.2) is 18.2 Å². The number of carbonyl (C=O) groups excluding carboxylic acids is 2. The lowest BCUT2D eigenvalue weighted by atomic mass is 10.1. The maximum atomic E-state index is 13.4.